The molecule has 3 aromatic rings. The monoisotopic (exact) mass is 317 g/mol. The Hall–Kier alpha value is -2.85. The average molecular weight is 317 g/mol. The Kier molecular flexibility index (Phi) is 3.89. The molecule has 0 amide bonds. The second-order valence-corrected chi connectivity index (χ2v) is 5.74. The molecule has 4 rings (SSSR count). The van der Waals surface area contributed by atoms with E-state index in [1.54, 1.807) is 18.3 Å². The van der Waals surface area contributed by atoms with Crippen LogP contribution in [-0.4, -0.2) is 16.7 Å². The average Bonchev–Trinajstić information content (AvgIpc) is 2.84. The summed E-state index contributed by atoms with van der Waals surface area (Å²) in [5.74, 6) is -0.219. The van der Waals surface area contributed by atoms with Gasteiger partial charge in [0.25, 0.3) is 0 Å². The SMILES string of the molecule is Fc1cccc(C2=CCNCc3cc(-c4cccnn4)ccc32)c1. The summed E-state index contributed by atoms with van der Waals surface area (Å²) in [5, 5.41) is 11.5. The largest absolute Gasteiger partial charge is 0.309 e. The Morgan fingerprint density at radius 1 is 0.958 bits per heavy atom. The van der Waals surface area contributed by atoms with Crippen LogP contribution in [0, 0.1) is 5.82 Å². The minimum absolute atomic E-state index is 0.219. The summed E-state index contributed by atoms with van der Waals surface area (Å²) in [4.78, 5) is 0. The van der Waals surface area contributed by atoms with Gasteiger partial charge in [-0.15, -0.1) is 0 Å². The van der Waals surface area contributed by atoms with Gasteiger partial charge in [-0.1, -0.05) is 30.3 Å². The molecular formula is C20H16FN3. The maximum atomic E-state index is 13.6. The molecule has 0 fully saturated rings. The fourth-order valence-electron chi connectivity index (χ4n) is 3.04. The van der Waals surface area contributed by atoms with Gasteiger partial charge >= 0.3 is 0 Å². The van der Waals surface area contributed by atoms with E-state index in [1.165, 1.54) is 11.6 Å². The third kappa shape index (κ3) is 2.84. The van der Waals surface area contributed by atoms with Crippen LogP contribution >= 0.6 is 0 Å². The number of hydrogen-bond acceptors (Lipinski definition) is 3. The van der Waals surface area contributed by atoms with Gasteiger partial charge in [-0.25, -0.2) is 4.39 Å². The molecule has 118 valence electrons. The van der Waals surface area contributed by atoms with Crippen LogP contribution in [0.5, 0.6) is 0 Å². The van der Waals surface area contributed by atoms with Gasteiger partial charge in [0.15, 0.2) is 0 Å². The van der Waals surface area contributed by atoms with Crippen LogP contribution < -0.4 is 5.32 Å². The molecule has 1 aliphatic heterocycles. The van der Waals surface area contributed by atoms with Crippen molar-refractivity contribution in [2.45, 2.75) is 6.54 Å². The lowest BCUT2D eigenvalue weighted by molar-refractivity contribution is 0.627. The summed E-state index contributed by atoms with van der Waals surface area (Å²) in [5.41, 5.74) is 6.13. The molecule has 0 saturated carbocycles. The van der Waals surface area contributed by atoms with E-state index < -0.39 is 0 Å². The van der Waals surface area contributed by atoms with Crippen LogP contribution in [0.2, 0.25) is 0 Å². The first kappa shape index (κ1) is 14.7. The van der Waals surface area contributed by atoms with E-state index in [9.17, 15) is 4.39 Å². The summed E-state index contributed by atoms with van der Waals surface area (Å²) >= 11 is 0. The Bertz CT molecular complexity index is 904. The molecule has 1 aromatic heterocycles. The van der Waals surface area contributed by atoms with E-state index in [-0.39, 0.29) is 5.82 Å². The van der Waals surface area contributed by atoms with Crippen molar-refractivity contribution in [1.29, 1.82) is 0 Å². The highest BCUT2D eigenvalue weighted by Crippen LogP contribution is 2.31. The molecule has 0 atom stereocenters. The Morgan fingerprint density at radius 2 is 1.92 bits per heavy atom. The fraction of sp³-hybridized carbons (Fsp3) is 0.100. The predicted octanol–water partition coefficient (Wildman–Crippen LogP) is 3.82. The van der Waals surface area contributed by atoms with Crippen LogP contribution in [0.3, 0.4) is 0 Å². The standard InChI is InChI=1S/C20H16FN3/c21-17-4-1-3-14(12-17)19-8-10-22-13-16-11-15(6-7-18(16)19)20-5-2-9-23-24-20/h1-9,11-12,22H,10,13H2. The first-order valence-electron chi connectivity index (χ1n) is 7.89. The van der Waals surface area contributed by atoms with E-state index >= 15 is 0 Å². The first-order valence-corrected chi connectivity index (χ1v) is 7.89. The van der Waals surface area contributed by atoms with Crippen LogP contribution in [0.25, 0.3) is 16.8 Å². The van der Waals surface area contributed by atoms with E-state index in [0.29, 0.717) is 0 Å². The van der Waals surface area contributed by atoms with Gasteiger partial charge < -0.3 is 5.32 Å². The maximum absolute atomic E-state index is 13.6. The van der Waals surface area contributed by atoms with Crippen molar-refractivity contribution < 1.29 is 4.39 Å². The molecular weight excluding hydrogens is 301 g/mol. The number of nitrogens with one attached hydrogen (secondary N) is 1. The third-order valence-electron chi connectivity index (χ3n) is 4.17. The van der Waals surface area contributed by atoms with Gasteiger partial charge in [-0.3, -0.25) is 0 Å². The van der Waals surface area contributed by atoms with Crippen molar-refractivity contribution in [3.8, 4) is 11.3 Å². The van der Waals surface area contributed by atoms with Crippen molar-refractivity contribution in [3.05, 3.63) is 89.4 Å². The lowest BCUT2D eigenvalue weighted by atomic mass is 9.92. The minimum atomic E-state index is -0.219. The van der Waals surface area contributed by atoms with Gasteiger partial charge in [0, 0.05) is 24.8 Å². The van der Waals surface area contributed by atoms with Crippen LogP contribution in [0.4, 0.5) is 4.39 Å². The molecule has 2 heterocycles. The summed E-state index contributed by atoms with van der Waals surface area (Å²) in [7, 11) is 0. The lowest BCUT2D eigenvalue weighted by Crippen LogP contribution is -2.11. The minimum Gasteiger partial charge on any atom is -0.309 e. The predicted molar refractivity (Wildman–Crippen MR) is 92.7 cm³/mol. The van der Waals surface area contributed by atoms with E-state index in [4.69, 9.17) is 0 Å². The van der Waals surface area contributed by atoms with Crippen molar-refractivity contribution >= 4 is 5.57 Å². The number of fused-ring (bicyclic) bond motifs is 1. The van der Waals surface area contributed by atoms with Crippen molar-refractivity contribution in [3.63, 3.8) is 0 Å². The van der Waals surface area contributed by atoms with Gasteiger partial charge in [0.2, 0.25) is 0 Å². The molecule has 0 radical (unpaired) electrons. The Balaban J connectivity index is 1.80. The van der Waals surface area contributed by atoms with Gasteiger partial charge in [-0.05, 0) is 52.6 Å². The maximum Gasteiger partial charge on any atom is 0.123 e. The quantitative estimate of drug-likeness (QED) is 0.781. The first-order chi connectivity index (χ1) is 11.8. The zero-order chi connectivity index (χ0) is 16.4. The third-order valence-corrected chi connectivity index (χ3v) is 4.17. The number of benzene rings is 2. The molecule has 0 aliphatic carbocycles. The molecule has 1 N–H and O–H groups in total. The fourth-order valence-corrected chi connectivity index (χ4v) is 3.04. The summed E-state index contributed by atoms with van der Waals surface area (Å²) in [6.07, 6.45) is 3.78. The normalized spacial score (nSPS) is 13.8. The Morgan fingerprint density at radius 3 is 2.75 bits per heavy atom. The van der Waals surface area contributed by atoms with Gasteiger partial charge in [0.1, 0.15) is 5.82 Å². The number of halogens is 1. The van der Waals surface area contributed by atoms with E-state index in [0.717, 1.165) is 41.0 Å². The summed E-state index contributed by atoms with van der Waals surface area (Å²) < 4.78 is 13.6. The summed E-state index contributed by atoms with van der Waals surface area (Å²) in [6.45, 7) is 1.51. The van der Waals surface area contributed by atoms with Crippen molar-refractivity contribution in [1.82, 2.24) is 15.5 Å². The smallest absolute Gasteiger partial charge is 0.123 e. The lowest BCUT2D eigenvalue weighted by Gasteiger charge is -2.13. The molecule has 2 aromatic carbocycles. The number of nitrogens with zero attached hydrogens (tertiary/aromatic N) is 2. The second kappa shape index (κ2) is 6.34. The molecule has 3 nitrogen and oxygen atoms in total. The van der Waals surface area contributed by atoms with Gasteiger partial charge in [-0.2, -0.15) is 10.2 Å². The molecule has 0 bridgehead atoms. The number of aromatic nitrogens is 2. The highest BCUT2D eigenvalue weighted by Gasteiger charge is 2.14. The molecule has 0 spiro atoms. The topological polar surface area (TPSA) is 37.8 Å². The molecule has 0 saturated heterocycles. The Labute approximate surface area is 139 Å². The van der Waals surface area contributed by atoms with Crippen LogP contribution in [0.1, 0.15) is 16.7 Å². The molecule has 0 unspecified atom stereocenters. The van der Waals surface area contributed by atoms with Crippen LogP contribution in [-0.2, 0) is 6.54 Å². The van der Waals surface area contributed by atoms with Crippen molar-refractivity contribution in [2.75, 3.05) is 6.54 Å². The van der Waals surface area contributed by atoms with Crippen LogP contribution in [0.15, 0.2) is 66.9 Å². The van der Waals surface area contributed by atoms with E-state index in [1.807, 2.05) is 24.3 Å². The molecule has 1 aliphatic rings. The second-order valence-electron chi connectivity index (χ2n) is 5.74. The van der Waals surface area contributed by atoms with Crippen molar-refractivity contribution in [2.24, 2.45) is 0 Å². The van der Waals surface area contributed by atoms with E-state index in [2.05, 4.69) is 33.7 Å². The molecule has 4 heteroatoms. The van der Waals surface area contributed by atoms with Gasteiger partial charge in [0.05, 0.1) is 5.69 Å². The number of rotatable bonds is 2. The molecule has 24 heavy (non-hydrogen) atoms. The number of hydrogen-bond donors (Lipinski definition) is 1. The zero-order valence-corrected chi connectivity index (χ0v) is 13.0. The highest BCUT2D eigenvalue weighted by atomic mass is 19.1. The zero-order valence-electron chi connectivity index (χ0n) is 13.0. The highest BCUT2D eigenvalue weighted by molar-refractivity contribution is 5.83. The summed E-state index contributed by atoms with van der Waals surface area (Å²) in [6, 6.07) is 16.8.